The highest BCUT2D eigenvalue weighted by molar-refractivity contribution is 5.83. The number of aromatic nitrogens is 1. The van der Waals surface area contributed by atoms with Gasteiger partial charge in [-0.3, -0.25) is 10.1 Å². The van der Waals surface area contributed by atoms with Crippen molar-refractivity contribution in [1.82, 2.24) is 9.88 Å². The van der Waals surface area contributed by atoms with Crippen LogP contribution in [-0.2, 0) is 0 Å². The lowest BCUT2D eigenvalue weighted by molar-refractivity contribution is -0.383. The molecule has 0 saturated carbocycles. The zero-order chi connectivity index (χ0) is 14.1. The number of anilines is 1. The molecule has 7 nitrogen and oxygen atoms in total. The lowest BCUT2D eigenvalue weighted by Crippen LogP contribution is -2.19. The number of nitro groups is 1. The van der Waals surface area contributed by atoms with E-state index in [1.54, 1.807) is 12.1 Å². The van der Waals surface area contributed by atoms with Gasteiger partial charge in [-0.15, -0.1) is 0 Å². The Morgan fingerprint density at radius 3 is 3.15 bits per heavy atom. The number of nitro benzene ring substituents is 1. The van der Waals surface area contributed by atoms with Gasteiger partial charge in [-0.05, 0) is 32.0 Å². The Hall–Kier alpha value is -2.15. The van der Waals surface area contributed by atoms with Gasteiger partial charge in [0.2, 0.25) is 0 Å². The highest BCUT2D eigenvalue weighted by Crippen LogP contribution is 2.27. The summed E-state index contributed by atoms with van der Waals surface area (Å²) in [5, 5.41) is 14.1. The molecule has 1 unspecified atom stereocenters. The van der Waals surface area contributed by atoms with Crippen LogP contribution in [-0.4, -0.2) is 41.5 Å². The van der Waals surface area contributed by atoms with E-state index in [0.717, 1.165) is 26.1 Å². The molecule has 1 atom stereocenters. The molecule has 3 rings (SSSR count). The molecule has 1 aromatic heterocycles. The first-order valence-electron chi connectivity index (χ1n) is 6.60. The van der Waals surface area contributed by atoms with Crippen LogP contribution < -0.4 is 5.32 Å². The van der Waals surface area contributed by atoms with E-state index in [2.05, 4.69) is 22.2 Å². The fourth-order valence-corrected chi connectivity index (χ4v) is 2.58. The van der Waals surface area contributed by atoms with E-state index in [4.69, 9.17) is 4.42 Å². The van der Waals surface area contributed by atoms with Crippen molar-refractivity contribution >= 4 is 22.8 Å². The van der Waals surface area contributed by atoms with Gasteiger partial charge in [0.15, 0.2) is 11.1 Å². The standard InChI is InChI=1S/C13H16N4O3/c1-16-6-5-9(8-16)7-14-13-15-12-10(17(18)19)3-2-4-11(12)20-13/h2-4,9H,5-8H2,1H3,(H,14,15). The van der Waals surface area contributed by atoms with Gasteiger partial charge in [0.25, 0.3) is 11.7 Å². The molecule has 0 bridgehead atoms. The van der Waals surface area contributed by atoms with E-state index in [9.17, 15) is 10.1 Å². The van der Waals surface area contributed by atoms with Gasteiger partial charge in [0.1, 0.15) is 0 Å². The molecule has 1 N–H and O–H groups in total. The maximum Gasteiger partial charge on any atom is 0.298 e. The maximum absolute atomic E-state index is 10.9. The first-order chi connectivity index (χ1) is 9.63. The van der Waals surface area contributed by atoms with Crippen molar-refractivity contribution < 1.29 is 9.34 Å². The third kappa shape index (κ3) is 2.44. The molecule has 0 spiro atoms. The van der Waals surface area contributed by atoms with Gasteiger partial charge >= 0.3 is 0 Å². The minimum Gasteiger partial charge on any atom is -0.423 e. The number of oxazole rings is 1. The van der Waals surface area contributed by atoms with E-state index in [-0.39, 0.29) is 5.69 Å². The number of nitrogens with one attached hydrogen (secondary N) is 1. The molecule has 0 radical (unpaired) electrons. The molecular formula is C13H16N4O3. The molecule has 2 aromatic rings. The normalized spacial score (nSPS) is 19.6. The molecule has 1 fully saturated rings. The Balaban J connectivity index is 1.76. The van der Waals surface area contributed by atoms with Crippen molar-refractivity contribution in [3.05, 3.63) is 28.3 Å². The lowest BCUT2D eigenvalue weighted by Gasteiger charge is -2.09. The van der Waals surface area contributed by atoms with Gasteiger partial charge in [-0.1, -0.05) is 6.07 Å². The molecular weight excluding hydrogens is 260 g/mol. The molecule has 1 aliphatic heterocycles. The van der Waals surface area contributed by atoms with Gasteiger partial charge in [-0.25, -0.2) is 0 Å². The first-order valence-corrected chi connectivity index (χ1v) is 6.60. The van der Waals surface area contributed by atoms with E-state index in [1.807, 2.05) is 0 Å². The summed E-state index contributed by atoms with van der Waals surface area (Å²) >= 11 is 0. The smallest absolute Gasteiger partial charge is 0.298 e. The van der Waals surface area contributed by atoms with E-state index in [1.165, 1.54) is 6.07 Å². The highest BCUT2D eigenvalue weighted by Gasteiger charge is 2.21. The third-order valence-corrected chi connectivity index (χ3v) is 3.63. The zero-order valence-corrected chi connectivity index (χ0v) is 11.2. The van der Waals surface area contributed by atoms with Gasteiger partial charge < -0.3 is 14.6 Å². The maximum atomic E-state index is 10.9. The largest absolute Gasteiger partial charge is 0.423 e. The Bertz CT molecular complexity index is 640. The second-order valence-electron chi connectivity index (χ2n) is 5.20. The molecule has 2 heterocycles. The predicted octanol–water partition coefficient (Wildman–Crippen LogP) is 2.10. The number of para-hydroxylation sites is 1. The second-order valence-corrected chi connectivity index (χ2v) is 5.20. The Morgan fingerprint density at radius 1 is 1.60 bits per heavy atom. The first kappa shape index (κ1) is 12.9. The fourth-order valence-electron chi connectivity index (χ4n) is 2.58. The van der Waals surface area contributed by atoms with Crippen LogP contribution >= 0.6 is 0 Å². The number of likely N-dealkylation sites (tertiary alicyclic amines) is 1. The molecule has 0 amide bonds. The van der Waals surface area contributed by atoms with Crippen LogP contribution in [0.25, 0.3) is 11.1 Å². The Kier molecular flexibility index (Phi) is 3.27. The summed E-state index contributed by atoms with van der Waals surface area (Å²) in [6.45, 7) is 2.92. The summed E-state index contributed by atoms with van der Waals surface area (Å²) in [5.74, 6) is 0.560. The van der Waals surface area contributed by atoms with E-state index < -0.39 is 4.92 Å². The van der Waals surface area contributed by atoms with Crippen LogP contribution in [0.5, 0.6) is 0 Å². The number of benzene rings is 1. The summed E-state index contributed by atoms with van der Waals surface area (Å²) in [6, 6.07) is 5.06. The highest BCUT2D eigenvalue weighted by atomic mass is 16.6. The number of fused-ring (bicyclic) bond motifs is 1. The van der Waals surface area contributed by atoms with E-state index in [0.29, 0.717) is 23.0 Å². The summed E-state index contributed by atoms with van der Waals surface area (Å²) in [7, 11) is 2.10. The summed E-state index contributed by atoms with van der Waals surface area (Å²) < 4.78 is 5.51. The lowest BCUT2D eigenvalue weighted by atomic mass is 10.1. The van der Waals surface area contributed by atoms with Crippen molar-refractivity contribution in [3.8, 4) is 0 Å². The number of hydrogen-bond acceptors (Lipinski definition) is 6. The summed E-state index contributed by atoms with van der Waals surface area (Å²) in [6.07, 6.45) is 1.14. The molecule has 1 aliphatic rings. The zero-order valence-electron chi connectivity index (χ0n) is 11.2. The van der Waals surface area contributed by atoms with Crippen LogP contribution in [0.4, 0.5) is 11.7 Å². The molecule has 20 heavy (non-hydrogen) atoms. The van der Waals surface area contributed by atoms with Crippen molar-refractivity contribution in [3.63, 3.8) is 0 Å². The molecule has 1 saturated heterocycles. The van der Waals surface area contributed by atoms with Crippen LogP contribution in [0.1, 0.15) is 6.42 Å². The quantitative estimate of drug-likeness (QED) is 0.680. The summed E-state index contributed by atoms with van der Waals surface area (Å²) in [5.41, 5.74) is 0.702. The molecule has 1 aromatic carbocycles. The number of nitrogens with zero attached hydrogens (tertiary/aromatic N) is 3. The van der Waals surface area contributed by atoms with Crippen molar-refractivity contribution in [2.75, 3.05) is 32.0 Å². The number of non-ortho nitro benzene ring substituents is 1. The van der Waals surface area contributed by atoms with Gasteiger partial charge in [0, 0.05) is 19.2 Å². The minimum absolute atomic E-state index is 0.0279. The van der Waals surface area contributed by atoms with Gasteiger partial charge in [-0.2, -0.15) is 4.98 Å². The second kappa shape index (κ2) is 5.09. The fraction of sp³-hybridized carbons (Fsp3) is 0.462. The summed E-state index contributed by atoms with van der Waals surface area (Å²) in [4.78, 5) is 16.9. The van der Waals surface area contributed by atoms with Crippen molar-refractivity contribution in [2.45, 2.75) is 6.42 Å². The van der Waals surface area contributed by atoms with Crippen LogP contribution in [0.2, 0.25) is 0 Å². The average molecular weight is 276 g/mol. The predicted molar refractivity (Wildman–Crippen MR) is 74.8 cm³/mol. The number of hydrogen-bond donors (Lipinski definition) is 1. The van der Waals surface area contributed by atoms with Crippen molar-refractivity contribution in [1.29, 1.82) is 0 Å². The third-order valence-electron chi connectivity index (χ3n) is 3.63. The Morgan fingerprint density at radius 2 is 2.45 bits per heavy atom. The Labute approximate surface area is 115 Å². The topological polar surface area (TPSA) is 84.4 Å². The van der Waals surface area contributed by atoms with E-state index >= 15 is 0 Å². The van der Waals surface area contributed by atoms with Gasteiger partial charge in [0.05, 0.1) is 4.92 Å². The van der Waals surface area contributed by atoms with Crippen LogP contribution in [0, 0.1) is 16.0 Å². The average Bonchev–Trinajstić information content (AvgIpc) is 3.01. The van der Waals surface area contributed by atoms with Crippen molar-refractivity contribution in [2.24, 2.45) is 5.92 Å². The monoisotopic (exact) mass is 276 g/mol. The molecule has 7 heteroatoms. The van der Waals surface area contributed by atoms with Crippen LogP contribution in [0.3, 0.4) is 0 Å². The number of rotatable bonds is 4. The molecule has 106 valence electrons. The minimum atomic E-state index is -0.444. The molecule has 0 aliphatic carbocycles. The van der Waals surface area contributed by atoms with Crippen LogP contribution in [0.15, 0.2) is 22.6 Å². The SMILES string of the molecule is CN1CCC(CNc2nc3c([N+](=O)[O-])cccc3o2)C1.